The molecule has 0 bridgehead atoms. The quantitative estimate of drug-likeness (QED) is 0.633. The normalized spacial score (nSPS) is 10.9. The first-order valence-electron chi connectivity index (χ1n) is 6.56. The molecule has 0 aliphatic carbocycles. The van der Waals surface area contributed by atoms with Crippen LogP contribution in [0.3, 0.4) is 0 Å². The third-order valence-corrected chi connectivity index (χ3v) is 3.31. The number of carbonyl (C=O) groups is 1. The van der Waals surface area contributed by atoms with E-state index in [2.05, 4.69) is 12.2 Å². The van der Waals surface area contributed by atoms with E-state index in [0.717, 1.165) is 19.4 Å². The van der Waals surface area contributed by atoms with Crippen LogP contribution in [0.1, 0.15) is 19.8 Å². The van der Waals surface area contributed by atoms with Gasteiger partial charge in [-0.3, -0.25) is 4.79 Å². The van der Waals surface area contributed by atoms with Crippen molar-refractivity contribution in [2.75, 3.05) is 18.9 Å². The molecule has 0 unspecified atom stereocenters. The van der Waals surface area contributed by atoms with Gasteiger partial charge >= 0.3 is 0 Å². The largest absolute Gasteiger partial charge is 0.379 e. The smallest absolute Gasteiger partial charge is 0.267 e. The first-order valence-corrected chi connectivity index (χ1v) is 7.32. The molecular formula is C15H17Cl2N3O. The fourth-order valence-electron chi connectivity index (χ4n) is 1.61. The van der Waals surface area contributed by atoms with Crippen molar-refractivity contribution in [3.63, 3.8) is 0 Å². The molecule has 112 valence electrons. The van der Waals surface area contributed by atoms with Gasteiger partial charge in [0.25, 0.3) is 5.91 Å². The Morgan fingerprint density at radius 2 is 2.19 bits per heavy atom. The first-order chi connectivity index (χ1) is 9.97. The number of hydrogen-bond donors (Lipinski definition) is 1. The highest BCUT2D eigenvalue weighted by Crippen LogP contribution is 2.25. The van der Waals surface area contributed by atoms with Crippen LogP contribution in [0, 0.1) is 11.3 Å². The van der Waals surface area contributed by atoms with Gasteiger partial charge < -0.3 is 10.2 Å². The molecule has 0 saturated heterocycles. The molecule has 6 heteroatoms. The van der Waals surface area contributed by atoms with Crippen LogP contribution >= 0.6 is 23.2 Å². The van der Waals surface area contributed by atoms with Crippen LogP contribution in [0.5, 0.6) is 0 Å². The number of halogens is 2. The van der Waals surface area contributed by atoms with Crippen molar-refractivity contribution in [1.82, 2.24) is 4.90 Å². The summed E-state index contributed by atoms with van der Waals surface area (Å²) >= 11 is 11.8. The SMILES string of the molecule is CCCCN(C)/C=C(/C#N)C(=O)Nc1ccc(Cl)cc1Cl. The van der Waals surface area contributed by atoms with Crippen LogP contribution in [0.2, 0.25) is 10.0 Å². The van der Waals surface area contributed by atoms with Gasteiger partial charge in [-0.1, -0.05) is 36.5 Å². The minimum absolute atomic E-state index is 0.0274. The summed E-state index contributed by atoms with van der Waals surface area (Å²) in [5.74, 6) is -0.495. The highest BCUT2D eigenvalue weighted by atomic mass is 35.5. The van der Waals surface area contributed by atoms with E-state index in [-0.39, 0.29) is 5.57 Å². The fraction of sp³-hybridized carbons (Fsp3) is 0.333. The molecule has 0 radical (unpaired) electrons. The molecule has 1 aromatic carbocycles. The minimum Gasteiger partial charge on any atom is -0.379 e. The number of benzene rings is 1. The molecule has 1 rings (SSSR count). The molecule has 4 nitrogen and oxygen atoms in total. The zero-order valence-electron chi connectivity index (χ0n) is 12.0. The van der Waals surface area contributed by atoms with E-state index in [1.807, 2.05) is 18.0 Å². The van der Waals surface area contributed by atoms with E-state index in [1.165, 1.54) is 12.3 Å². The van der Waals surface area contributed by atoms with Gasteiger partial charge in [0.1, 0.15) is 11.6 Å². The number of hydrogen-bond acceptors (Lipinski definition) is 3. The fourth-order valence-corrected chi connectivity index (χ4v) is 2.07. The monoisotopic (exact) mass is 325 g/mol. The molecule has 0 spiro atoms. The molecule has 0 atom stereocenters. The highest BCUT2D eigenvalue weighted by Gasteiger charge is 2.12. The summed E-state index contributed by atoms with van der Waals surface area (Å²) in [5.41, 5.74) is 0.447. The van der Waals surface area contributed by atoms with E-state index >= 15 is 0 Å². The van der Waals surface area contributed by atoms with Gasteiger partial charge in [-0.05, 0) is 24.6 Å². The zero-order chi connectivity index (χ0) is 15.8. The molecule has 1 aromatic rings. The maximum atomic E-state index is 12.1. The number of amides is 1. The van der Waals surface area contributed by atoms with Crippen LogP contribution < -0.4 is 5.32 Å². The van der Waals surface area contributed by atoms with Crippen LogP contribution in [-0.4, -0.2) is 24.4 Å². The van der Waals surface area contributed by atoms with E-state index in [9.17, 15) is 4.79 Å². The lowest BCUT2D eigenvalue weighted by Gasteiger charge is -2.14. The third kappa shape index (κ3) is 5.66. The van der Waals surface area contributed by atoms with Crippen molar-refractivity contribution in [3.05, 3.63) is 40.0 Å². The summed E-state index contributed by atoms with van der Waals surface area (Å²) in [6.45, 7) is 2.87. The summed E-state index contributed by atoms with van der Waals surface area (Å²) in [6, 6.07) is 6.64. The maximum absolute atomic E-state index is 12.1. The predicted octanol–water partition coefficient (Wildman–Crippen LogP) is 4.07. The lowest BCUT2D eigenvalue weighted by atomic mass is 10.2. The topological polar surface area (TPSA) is 56.1 Å². The lowest BCUT2D eigenvalue weighted by molar-refractivity contribution is -0.112. The number of nitrogens with one attached hydrogen (secondary N) is 1. The number of rotatable bonds is 6. The van der Waals surface area contributed by atoms with Gasteiger partial charge in [0.05, 0.1) is 10.7 Å². The predicted molar refractivity (Wildman–Crippen MR) is 86.3 cm³/mol. The molecule has 0 aliphatic heterocycles. The Balaban J connectivity index is 2.80. The summed E-state index contributed by atoms with van der Waals surface area (Å²) in [5, 5.41) is 12.5. The highest BCUT2D eigenvalue weighted by molar-refractivity contribution is 6.36. The molecule has 0 heterocycles. The Hall–Kier alpha value is -1.70. The van der Waals surface area contributed by atoms with Crippen LogP contribution in [0.25, 0.3) is 0 Å². The molecule has 1 amide bonds. The number of nitrogens with zero attached hydrogens (tertiary/aromatic N) is 2. The maximum Gasteiger partial charge on any atom is 0.267 e. The summed E-state index contributed by atoms with van der Waals surface area (Å²) in [6.07, 6.45) is 3.58. The Labute approximate surface area is 134 Å². The molecule has 0 saturated carbocycles. The average molecular weight is 326 g/mol. The van der Waals surface area contributed by atoms with E-state index < -0.39 is 5.91 Å². The molecule has 21 heavy (non-hydrogen) atoms. The Morgan fingerprint density at radius 3 is 2.76 bits per heavy atom. The van der Waals surface area contributed by atoms with Gasteiger partial charge in [0, 0.05) is 24.8 Å². The molecule has 0 aromatic heterocycles. The van der Waals surface area contributed by atoms with E-state index in [0.29, 0.717) is 15.7 Å². The lowest BCUT2D eigenvalue weighted by Crippen LogP contribution is -2.19. The second-order valence-electron chi connectivity index (χ2n) is 4.57. The number of anilines is 1. The Morgan fingerprint density at radius 1 is 1.48 bits per heavy atom. The molecule has 1 N–H and O–H groups in total. The van der Waals surface area contributed by atoms with Crippen molar-refractivity contribution < 1.29 is 4.79 Å². The zero-order valence-corrected chi connectivity index (χ0v) is 13.5. The number of nitriles is 1. The average Bonchev–Trinajstić information content (AvgIpc) is 2.45. The van der Waals surface area contributed by atoms with Gasteiger partial charge in [0.15, 0.2) is 0 Å². The first kappa shape index (κ1) is 17.4. The van der Waals surface area contributed by atoms with E-state index in [1.54, 1.807) is 12.1 Å². The summed E-state index contributed by atoms with van der Waals surface area (Å²) in [4.78, 5) is 13.9. The molecule has 0 fully saturated rings. The Bertz CT molecular complexity index is 579. The standard InChI is InChI=1S/C15H17Cl2N3O/c1-3-4-7-20(2)10-11(9-18)15(21)19-14-6-5-12(16)8-13(14)17/h5-6,8,10H,3-4,7H2,1-2H3,(H,19,21)/b11-10-. The van der Waals surface area contributed by atoms with Crippen LogP contribution in [0.15, 0.2) is 30.0 Å². The van der Waals surface area contributed by atoms with Crippen molar-refractivity contribution in [3.8, 4) is 6.07 Å². The van der Waals surface area contributed by atoms with Gasteiger partial charge in [-0.2, -0.15) is 5.26 Å². The van der Waals surface area contributed by atoms with Gasteiger partial charge in [-0.25, -0.2) is 0 Å². The van der Waals surface area contributed by atoms with Gasteiger partial charge in [0.2, 0.25) is 0 Å². The number of carbonyl (C=O) groups excluding carboxylic acids is 1. The van der Waals surface area contributed by atoms with Gasteiger partial charge in [-0.15, -0.1) is 0 Å². The van der Waals surface area contributed by atoms with E-state index in [4.69, 9.17) is 28.5 Å². The number of unbranched alkanes of at least 4 members (excludes halogenated alkanes) is 1. The van der Waals surface area contributed by atoms with Crippen molar-refractivity contribution in [2.24, 2.45) is 0 Å². The second kappa shape index (κ2) is 8.56. The van der Waals surface area contributed by atoms with Crippen molar-refractivity contribution in [1.29, 1.82) is 5.26 Å². The minimum atomic E-state index is -0.495. The molecular weight excluding hydrogens is 309 g/mol. The van der Waals surface area contributed by atoms with Crippen LogP contribution in [0.4, 0.5) is 5.69 Å². The van der Waals surface area contributed by atoms with Crippen LogP contribution in [-0.2, 0) is 4.79 Å². The van der Waals surface area contributed by atoms with Crippen molar-refractivity contribution in [2.45, 2.75) is 19.8 Å². The second-order valence-corrected chi connectivity index (χ2v) is 5.41. The van der Waals surface area contributed by atoms with Crippen molar-refractivity contribution >= 4 is 34.8 Å². The Kier molecular flexibility index (Phi) is 7.07. The third-order valence-electron chi connectivity index (χ3n) is 2.76. The summed E-state index contributed by atoms with van der Waals surface area (Å²) < 4.78 is 0. The molecule has 0 aliphatic rings. The summed E-state index contributed by atoms with van der Waals surface area (Å²) in [7, 11) is 1.83.